The van der Waals surface area contributed by atoms with Gasteiger partial charge in [0, 0.05) is 23.6 Å². The Kier molecular flexibility index (Phi) is 4.07. The van der Waals surface area contributed by atoms with Gasteiger partial charge >= 0.3 is 0 Å². The van der Waals surface area contributed by atoms with Crippen LogP contribution < -0.4 is 4.74 Å². The van der Waals surface area contributed by atoms with E-state index in [4.69, 9.17) is 4.74 Å². The van der Waals surface area contributed by atoms with Crippen molar-refractivity contribution in [1.29, 1.82) is 0 Å². The molecular weight excluding hydrogens is 286 g/mol. The molecule has 119 valence electrons. The molecule has 23 heavy (non-hydrogen) atoms. The van der Waals surface area contributed by atoms with Gasteiger partial charge in [0.25, 0.3) is 0 Å². The number of nitrogens with one attached hydrogen (secondary N) is 1. The predicted octanol–water partition coefficient (Wildman–Crippen LogP) is 4.24. The van der Waals surface area contributed by atoms with Gasteiger partial charge in [0.2, 0.25) is 5.88 Å². The first-order valence-electron chi connectivity index (χ1n) is 7.83. The molecule has 3 rings (SSSR count). The zero-order valence-electron chi connectivity index (χ0n) is 14.1. The van der Waals surface area contributed by atoms with Crippen molar-refractivity contribution in [3.05, 3.63) is 59.8 Å². The number of aromatic amines is 1. The Morgan fingerprint density at radius 2 is 2.04 bits per heavy atom. The van der Waals surface area contributed by atoms with Gasteiger partial charge in [0.05, 0.1) is 11.7 Å². The molecule has 0 fully saturated rings. The fourth-order valence-corrected chi connectivity index (χ4v) is 2.57. The molecule has 0 atom stereocenters. The van der Waals surface area contributed by atoms with E-state index < -0.39 is 0 Å². The molecule has 1 radical (unpaired) electrons. The van der Waals surface area contributed by atoms with Crippen LogP contribution in [-0.2, 0) is 6.42 Å². The van der Waals surface area contributed by atoms with E-state index >= 15 is 0 Å². The third-order valence-corrected chi connectivity index (χ3v) is 3.51. The minimum atomic E-state index is -0.241. The molecule has 2 heterocycles. The van der Waals surface area contributed by atoms with E-state index in [1.807, 2.05) is 45.2 Å². The molecule has 4 heteroatoms. The van der Waals surface area contributed by atoms with Crippen molar-refractivity contribution in [2.24, 2.45) is 0 Å². The fraction of sp³-hybridized carbons (Fsp3) is 0.316. The molecule has 0 amide bonds. The normalized spacial score (nSPS) is 11.8. The van der Waals surface area contributed by atoms with Crippen LogP contribution in [0.5, 0.6) is 5.88 Å². The number of aryl methyl sites for hydroxylation is 1. The summed E-state index contributed by atoms with van der Waals surface area (Å²) in [7, 11) is 0. The molecule has 3 aromatic rings. The third-order valence-electron chi connectivity index (χ3n) is 3.51. The molecule has 0 saturated carbocycles. The van der Waals surface area contributed by atoms with Crippen molar-refractivity contribution in [1.82, 2.24) is 15.2 Å². The van der Waals surface area contributed by atoms with Crippen molar-refractivity contribution in [3.63, 3.8) is 0 Å². The van der Waals surface area contributed by atoms with Gasteiger partial charge in [-0.2, -0.15) is 5.10 Å². The van der Waals surface area contributed by atoms with E-state index in [1.165, 1.54) is 11.1 Å². The second-order valence-electron chi connectivity index (χ2n) is 6.77. The summed E-state index contributed by atoms with van der Waals surface area (Å²) in [5, 5.41) is 8.28. The van der Waals surface area contributed by atoms with Crippen LogP contribution in [0.15, 0.2) is 36.5 Å². The number of rotatable bonds is 4. The first-order valence-corrected chi connectivity index (χ1v) is 7.83. The lowest BCUT2D eigenvalue weighted by molar-refractivity contribution is 0.124. The highest BCUT2D eigenvalue weighted by molar-refractivity contribution is 5.81. The lowest BCUT2D eigenvalue weighted by atomic mass is 10.0. The second kappa shape index (κ2) is 6.03. The van der Waals surface area contributed by atoms with Gasteiger partial charge in [-0.3, -0.25) is 5.10 Å². The zero-order valence-corrected chi connectivity index (χ0v) is 14.1. The molecule has 0 bridgehead atoms. The quantitative estimate of drug-likeness (QED) is 0.784. The monoisotopic (exact) mass is 308 g/mol. The van der Waals surface area contributed by atoms with E-state index in [-0.39, 0.29) is 5.60 Å². The van der Waals surface area contributed by atoms with Gasteiger partial charge in [0.15, 0.2) is 0 Å². The number of fused-ring (bicyclic) bond motifs is 1. The number of benzene rings is 1. The molecule has 0 aliphatic heterocycles. The van der Waals surface area contributed by atoms with Crippen LogP contribution in [0.2, 0.25) is 0 Å². The highest BCUT2D eigenvalue weighted by atomic mass is 16.5. The number of hydrogen-bond acceptors (Lipinski definition) is 3. The molecule has 0 unspecified atom stereocenters. The standard InChI is InChI=1S/C19H22N3O/c1-13-10-14(11-15-12-20-22-18(13)15)8-9-16-6-5-7-17(21-16)23-19(2,3)4/h5-7,9-12H,8H2,1-4H3,(H,20,22). The maximum absolute atomic E-state index is 5.82. The first-order chi connectivity index (χ1) is 10.9. The van der Waals surface area contributed by atoms with Crippen LogP contribution in [0.1, 0.15) is 37.6 Å². The van der Waals surface area contributed by atoms with Crippen molar-refractivity contribution < 1.29 is 4.74 Å². The largest absolute Gasteiger partial charge is 0.472 e. The van der Waals surface area contributed by atoms with E-state index in [0.29, 0.717) is 5.88 Å². The molecule has 4 nitrogen and oxygen atoms in total. The Hall–Kier alpha value is -2.36. The van der Waals surface area contributed by atoms with Crippen LogP contribution in [-0.4, -0.2) is 20.8 Å². The van der Waals surface area contributed by atoms with Crippen molar-refractivity contribution in [2.45, 2.75) is 39.7 Å². The summed E-state index contributed by atoms with van der Waals surface area (Å²) in [5.74, 6) is 0.660. The highest BCUT2D eigenvalue weighted by Crippen LogP contribution is 2.21. The second-order valence-corrected chi connectivity index (χ2v) is 6.77. The van der Waals surface area contributed by atoms with Gasteiger partial charge in [-0.25, -0.2) is 4.98 Å². The predicted molar refractivity (Wildman–Crippen MR) is 92.6 cm³/mol. The summed E-state index contributed by atoms with van der Waals surface area (Å²) in [4.78, 5) is 4.55. The van der Waals surface area contributed by atoms with Gasteiger partial charge in [-0.1, -0.05) is 12.1 Å². The van der Waals surface area contributed by atoms with E-state index in [9.17, 15) is 0 Å². The van der Waals surface area contributed by atoms with Gasteiger partial charge in [-0.05, 0) is 57.4 Å². The molecule has 0 aliphatic carbocycles. The summed E-state index contributed by atoms with van der Waals surface area (Å²) < 4.78 is 5.82. The van der Waals surface area contributed by atoms with Crippen LogP contribution >= 0.6 is 0 Å². The maximum Gasteiger partial charge on any atom is 0.213 e. The van der Waals surface area contributed by atoms with E-state index in [0.717, 1.165) is 23.0 Å². The number of H-pyrrole nitrogens is 1. The lowest BCUT2D eigenvalue weighted by Crippen LogP contribution is -2.23. The fourth-order valence-electron chi connectivity index (χ4n) is 2.57. The van der Waals surface area contributed by atoms with Gasteiger partial charge in [-0.15, -0.1) is 0 Å². The van der Waals surface area contributed by atoms with Crippen molar-refractivity contribution >= 4 is 10.9 Å². The minimum Gasteiger partial charge on any atom is -0.472 e. The molecule has 1 N–H and O–H groups in total. The number of nitrogens with zero attached hydrogens (tertiary/aromatic N) is 2. The number of hydrogen-bond donors (Lipinski definition) is 1. The minimum absolute atomic E-state index is 0.241. The number of pyridine rings is 1. The van der Waals surface area contributed by atoms with Crippen LogP contribution in [0.4, 0.5) is 0 Å². The maximum atomic E-state index is 5.82. The van der Waals surface area contributed by atoms with Crippen molar-refractivity contribution in [3.8, 4) is 5.88 Å². The average Bonchev–Trinajstić information content (AvgIpc) is 2.93. The summed E-state index contributed by atoms with van der Waals surface area (Å²) in [6.45, 7) is 8.16. The van der Waals surface area contributed by atoms with Crippen LogP contribution in [0, 0.1) is 13.3 Å². The summed E-state index contributed by atoms with van der Waals surface area (Å²) >= 11 is 0. The van der Waals surface area contributed by atoms with Crippen LogP contribution in [0.25, 0.3) is 10.9 Å². The average molecular weight is 308 g/mol. The molecular formula is C19H22N3O. The smallest absolute Gasteiger partial charge is 0.213 e. The Bertz CT molecular complexity index is 815. The zero-order chi connectivity index (χ0) is 16.4. The Morgan fingerprint density at radius 1 is 1.22 bits per heavy atom. The van der Waals surface area contributed by atoms with Gasteiger partial charge in [0.1, 0.15) is 5.60 Å². The molecule has 0 spiro atoms. The molecule has 2 aromatic heterocycles. The lowest BCUT2D eigenvalue weighted by Gasteiger charge is -2.20. The number of aromatic nitrogens is 3. The molecule has 0 saturated heterocycles. The van der Waals surface area contributed by atoms with E-state index in [2.05, 4.69) is 40.7 Å². The topological polar surface area (TPSA) is 50.8 Å². The van der Waals surface area contributed by atoms with Gasteiger partial charge < -0.3 is 4.74 Å². The molecule has 1 aromatic carbocycles. The summed E-state index contributed by atoms with van der Waals surface area (Å²) in [6, 6.07) is 10.2. The summed E-state index contributed by atoms with van der Waals surface area (Å²) in [6.07, 6.45) is 4.81. The Labute approximate surface area is 136 Å². The van der Waals surface area contributed by atoms with Crippen LogP contribution in [0.3, 0.4) is 0 Å². The third kappa shape index (κ3) is 3.89. The SMILES string of the molecule is Cc1cc(C[CH]c2cccc(OC(C)(C)C)n2)cc2cn[nH]c12. The molecule has 0 aliphatic rings. The van der Waals surface area contributed by atoms with Crippen molar-refractivity contribution in [2.75, 3.05) is 0 Å². The first kappa shape index (κ1) is 15.5. The van der Waals surface area contributed by atoms with E-state index in [1.54, 1.807) is 0 Å². The highest BCUT2D eigenvalue weighted by Gasteiger charge is 2.13. The Morgan fingerprint density at radius 3 is 2.83 bits per heavy atom. The number of ether oxygens (including phenoxy) is 1. The Balaban J connectivity index is 1.73. The summed E-state index contributed by atoms with van der Waals surface area (Å²) in [5.41, 5.74) is 4.25.